The summed E-state index contributed by atoms with van der Waals surface area (Å²) in [5.41, 5.74) is 0. The van der Waals surface area contributed by atoms with Crippen LogP contribution in [0, 0.1) is 18.8 Å². The molecule has 10 heavy (non-hydrogen) atoms. The molecule has 0 amide bonds. The molecule has 0 rings (SSSR count). The Morgan fingerprint density at radius 2 is 2.20 bits per heavy atom. The highest BCUT2D eigenvalue weighted by Crippen LogP contribution is 2.16. The molecule has 0 saturated heterocycles. The van der Waals surface area contributed by atoms with Gasteiger partial charge in [0.15, 0.2) is 0 Å². The molecule has 0 aromatic rings. The van der Waals surface area contributed by atoms with Gasteiger partial charge < -0.3 is 4.79 Å². The molecule has 0 heterocycles. The molecule has 0 aromatic heterocycles. The zero-order valence-electron chi connectivity index (χ0n) is 6.84. The maximum Gasteiger partial charge on any atom is 0.120 e. The first-order valence-electron chi connectivity index (χ1n) is 3.89. The third-order valence-electron chi connectivity index (χ3n) is 1.71. The monoisotopic (exact) mass is 140 g/mol. The smallest absolute Gasteiger partial charge is 0.120 e. The summed E-state index contributed by atoms with van der Waals surface area (Å²) in [6.45, 7) is 9.66. The highest BCUT2D eigenvalue weighted by atomic mass is 16.1. The van der Waals surface area contributed by atoms with Gasteiger partial charge >= 0.3 is 0 Å². The van der Waals surface area contributed by atoms with E-state index in [1.54, 1.807) is 0 Å². The summed E-state index contributed by atoms with van der Waals surface area (Å²) in [6, 6.07) is 0. The molecule has 1 heteroatoms. The maximum absolute atomic E-state index is 10.1. The van der Waals surface area contributed by atoms with Gasteiger partial charge in [0.25, 0.3) is 0 Å². The van der Waals surface area contributed by atoms with Crippen LogP contribution in [0.15, 0.2) is 0 Å². The van der Waals surface area contributed by atoms with Crippen molar-refractivity contribution < 1.29 is 4.79 Å². The van der Waals surface area contributed by atoms with E-state index in [2.05, 4.69) is 6.92 Å². The number of hydrogen-bond acceptors (Lipinski definition) is 1. The van der Waals surface area contributed by atoms with Crippen LogP contribution < -0.4 is 0 Å². The van der Waals surface area contributed by atoms with E-state index in [-0.39, 0.29) is 5.92 Å². The molecule has 2 atom stereocenters. The Kier molecular flexibility index (Phi) is 5.27. The van der Waals surface area contributed by atoms with Gasteiger partial charge in [-0.15, -0.1) is 0 Å². The van der Waals surface area contributed by atoms with Gasteiger partial charge in [0.1, 0.15) is 6.29 Å². The minimum Gasteiger partial charge on any atom is -0.303 e. The van der Waals surface area contributed by atoms with Gasteiger partial charge in [0.05, 0.1) is 0 Å². The largest absolute Gasteiger partial charge is 0.303 e. The Hall–Kier alpha value is -0.330. The van der Waals surface area contributed by atoms with E-state index in [4.69, 9.17) is 6.92 Å². The summed E-state index contributed by atoms with van der Waals surface area (Å²) >= 11 is 0. The maximum atomic E-state index is 10.1. The lowest BCUT2D eigenvalue weighted by molar-refractivity contribution is -0.108. The van der Waals surface area contributed by atoms with E-state index in [1.807, 2.05) is 6.92 Å². The number of rotatable bonds is 5. The van der Waals surface area contributed by atoms with Gasteiger partial charge in [-0.05, 0) is 25.2 Å². The van der Waals surface area contributed by atoms with E-state index in [1.165, 1.54) is 0 Å². The Labute approximate surface area is 63.8 Å². The first-order valence-corrected chi connectivity index (χ1v) is 3.89. The fraction of sp³-hybridized carbons (Fsp3) is 0.778. The Morgan fingerprint density at radius 3 is 2.50 bits per heavy atom. The molecule has 0 aliphatic heterocycles. The molecule has 2 radical (unpaired) electrons. The molecule has 0 spiro atoms. The Bertz CT molecular complexity index is 86.7. The third kappa shape index (κ3) is 4.54. The van der Waals surface area contributed by atoms with E-state index in [0.29, 0.717) is 12.3 Å². The van der Waals surface area contributed by atoms with E-state index in [9.17, 15) is 4.79 Å². The second-order valence-corrected chi connectivity index (χ2v) is 2.89. The number of carbonyl (C=O) groups excluding carboxylic acids is 1. The molecule has 0 aliphatic carbocycles. The highest BCUT2D eigenvalue weighted by molar-refractivity contribution is 5.49. The lowest BCUT2D eigenvalue weighted by Gasteiger charge is -2.12. The average molecular weight is 140 g/mol. The van der Waals surface area contributed by atoms with E-state index in [0.717, 1.165) is 19.1 Å². The zero-order chi connectivity index (χ0) is 7.98. The quantitative estimate of drug-likeness (QED) is 0.536. The van der Waals surface area contributed by atoms with Crippen LogP contribution in [0.4, 0.5) is 0 Å². The van der Waals surface area contributed by atoms with Crippen LogP contribution >= 0.6 is 0 Å². The molecule has 0 saturated carbocycles. The molecule has 1 nitrogen and oxygen atoms in total. The Morgan fingerprint density at radius 1 is 1.60 bits per heavy atom. The van der Waals surface area contributed by atoms with Crippen LogP contribution in [0.2, 0.25) is 0 Å². The average Bonchev–Trinajstić information content (AvgIpc) is 1.86. The van der Waals surface area contributed by atoms with Crippen molar-refractivity contribution >= 4 is 6.29 Å². The number of aldehydes is 1. The summed E-state index contributed by atoms with van der Waals surface area (Å²) in [6.07, 6.45) is 3.67. The third-order valence-corrected chi connectivity index (χ3v) is 1.71. The van der Waals surface area contributed by atoms with Gasteiger partial charge in [-0.3, -0.25) is 0 Å². The first kappa shape index (κ1) is 9.67. The summed E-state index contributed by atoms with van der Waals surface area (Å²) in [4.78, 5) is 10.1. The van der Waals surface area contributed by atoms with Crippen molar-refractivity contribution in [2.45, 2.75) is 33.1 Å². The second kappa shape index (κ2) is 5.45. The first-order chi connectivity index (χ1) is 4.70. The highest BCUT2D eigenvalue weighted by Gasteiger charge is 2.06. The SMILES string of the molecule is [CH]C(C)CC(CC)CC=O. The molecule has 2 unspecified atom stereocenters. The molecule has 0 bridgehead atoms. The molecule has 58 valence electrons. The fourth-order valence-corrected chi connectivity index (χ4v) is 1.09. The summed E-state index contributed by atoms with van der Waals surface area (Å²) in [5, 5.41) is 0. The van der Waals surface area contributed by atoms with Crippen molar-refractivity contribution in [2.24, 2.45) is 11.8 Å². The van der Waals surface area contributed by atoms with Crippen molar-refractivity contribution in [1.29, 1.82) is 0 Å². The van der Waals surface area contributed by atoms with Crippen molar-refractivity contribution in [3.8, 4) is 0 Å². The van der Waals surface area contributed by atoms with Gasteiger partial charge in [0, 0.05) is 6.42 Å². The zero-order valence-corrected chi connectivity index (χ0v) is 6.84. The van der Waals surface area contributed by atoms with E-state index >= 15 is 0 Å². The molecular weight excluding hydrogens is 124 g/mol. The van der Waals surface area contributed by atoms with Crippen molar-refractivity contribution in [3.05, 3.63) is 6.92 Å². The van der Waals surface area contributed by atoms with Crippen LogP contribution in [-0.4, -0.2) is 6.29 Å². The van der Waals surface area contributed by atoms with Gasteiger partial charge in [-0.1, -0.05) is 20.3 Å². The predicted octanol–water partition coefficient (Wildman–Crippen LogP) is 2.34. The molecule has 0 fully saturated rings. The molecular formula is C9H16O. The predicted molar refractivity (Wildman–Crippen MR) is 42.5 cm³/mol. The summed E-state index contributed by atoms with van der Waals surface area (Å²) in [5.74, 6) is 0.724. The van der Waals surface area contributed by atoms with Gasteiger partial charge in [-0.2, -0.15) is 0 Å². The lowest BCUT2D eigenvalue weighted by atomic mass is 9.93. The molecule has 0 aliphatic rings. The van der Waals surface area contributed by atoms with Crippen molar-refractivity contribution in [1.82, 2.24) is 0 Å². The second-order valence-electron chi connectivity index (χ2n) is 2.89. The molecule has 0 aromatic carbocycles. The molecule has 0 N–H and O–H groups in total. The number of carbonyl (C=O) groups is 1. The minimum absolute atomic E-state index is 0.227. The van der Waals surface area contributed by atoms with Crippen LogP contribution in [0.25, 0.3) is 0 Å². The number of hydrogen-bond donors (Lipinski definition) is 0. The van der Waals surface area contributed by atoms with Crippen molar-refractivity contribution in [3.63, 3.8) is 0 Å². The van der Waals surface area contributed by atoms with Gasteiger partial charge in [0.2, 0.25) is 0 Å². The normalized spacial score (nSPS) is 13.6. The topological polar surface area (TPSA) is 17.1 Å². The van der Waals surface area contributed by atoms with E-state index < -0.39 is 0 Å². The van der Waals surface area contributed by atoms with Crippen LogP contribution in [0.1, 0.15) is 33.1 Å². The fourth-order valence-electron chi connectivity index (χ4n) is 1.09. The lowest BCUT2D eigenvalue weighted by Crippen LogP contribution is -2.03. The Balaban J connectivity index is 3.48. The van der Waals surface area contributed by atoms with Crippen molar-refractivity contribution in [2.75, 3.05) is 0 Å². The van der Waals surface area contributed by atoms with Crippen LogP contribution in [0.3, 0.4) is 0 Å². The minimum atomic E-state index is 0.227. The van der Waals surface area contributed by atoms with Gasteiger partial charge in [-0.25, -0.2) is 0 Å². The standard InChI is InChI=1S/C9H16O/c1-4-9(5-6-10)7-8(2)3/h2,6,8-9H,4-5,7H2,1,3H3. The van der Waals surface area contributed by atoms with Crippen LogP contribution in [0.5, 0.6) is 0 Å². The summed E-state index contributed by atoms with van der Waals surface area (Å²) < 4.78 is 0. The summed E-state index contributed by atoms with van der Waals surface area (Å²) in [7, 11) is 0. The van der Waals surface area contributed by atoms with Crippen LogP contribution in [-0.2, 0) is 4.79 Å².